The van der Waals surface area contributed by atoms with Crippen molar-refractivity contribution in [2.24, 2.45) is 0 Å². The van der Waals surface area contributed by atoms with Crippen LogP contribution < -0.4 is 0 Å². The van der Waals surface area contributed by atoms with Gasteiger partial charge in [-0.15, -0.1) is 18.2 Å². The van der Waals surface area contributed by atoms with Gasteiger partial charge in [-0.05, 0) is 19.3 Å². The van der Waals surface area contributed by atoms with E-state index >= 15 is 0 Å². The first kappa shape index (κ1) is 12.2. The monoisotopic (exact) mass is 251 g/mol. The third-order valence-electron chi connectivity index (χ3n) is 3.26. The molecule has 5 heteroatoms. The third-order valence-corrected chi connectivity index (χ3v) is 3.99. The second kappa shape index (κ2) is 4.17. The van der Waals surface area contributed by atoms with Crippen molar-refractivity contribution >= 4 is 11.6 Å². The van der Waals surface area contributed by atoms with E-state index in [1.54, 1.807) is 10.6 Å². The summed E-state index contributed by atoms with van der Waals surface area (Å²) in [6.07, 6.45) is 6.65. The summed E-state index contributed by atoms with van der Waals surface area (Å²) >= 11 is 6.33. The topological polar surface area (TPSA) is 61.8 Å². The molecule has 0 bridgehead atoms. The second-order valence-corrected chi connectivity index (χ2v) is 5.23. The van der Waals surface area contributed by atoms with E-state index in [0.717, 1.165) is 12.8 Å². The lowest BCUT2D eigenvalue weighted by molar-refractivity contribution is 0.0133. The number of rotatable bonds is 5. The average Bonchev–Trinajstić information content (AvgIpc) is 2.90. The minimum Gasteiger partial charge on any atom is -0.386 e. The number of aromatic nitrogens is 2. The Morgan fingerprint density at radius 3 is 3.00 bits per heavy atom. The molecule has 0 aliphatic heterocycles. The van der Waals surface area contributed by atoms with Gasteiger partial charge in [0.15, 0.2) is 0 Å². The molecule has 0 saturated heterocycles. The third kappa shape index (κ3) is 2.08. The number of alkyl halides is 1. The van der Waals surface area contributed by atoms with Crippen LogP contribution in [0.15, 0.2) is 25.2 Å². The highest BCUT2D eigenvalue weighted by Gasteiger charge is 2.57. The molecular formula is C12H14ClN3O. The molecule has 2 rings (SSSR count). The summed E-state index contributed by atoms with van der Waals surface area (Å²) in [5.74, 6) is 0. The zero-order chi connectivity index (χ0) is 12.5. The van der Waals surface area contributed by atoms with Crippen LogP contribution in [0.2, 0.25) is 0 Å². The summed E-state index contributed by atoms with van der Waals surface area (Å²) in [4.78, 5) is 3.32. The van der Waals surface area contributed by atoms with Crippen LogP contribution in [0.1, 0.15) is 25.0 Å². The van der Waals surface area contributed by atoms with Crippen molar-refractivity contribution in [2.75, 3.05) is 0 Å². The maximum atomic E-state index is 10.6. The number of nitrogens with zero attached hydrogens (tertiary/aromatic N) is 3. The first-order chi connectivity index (χ1) is 8.04. The molecule has 1 unspecified atom stereocenters. The van der Waals surface area contributed by atoms with Gasteiger partial charge in [-0.25, -0.2) is 4.98 Å². The van der Waals surface area contributed by atoms with E-state index in [1.165, 1.54) is 12.5 Å². The molecule has 0 radical (unpaired) electrons. The van der Waals surface area contributed by atoms with Crippen LogP contribution in [0.5, 0.6) is 0 Å². The molecule has 1 aliphatic rings. The fourth-order valence-corrected chi connectivity index (χ4v) is 2.26. The maximum Gasteiger partial charge on any atom is 0.139 e. The smallest absolute Gasteiger partial charge is 0.139 e. The average molecular weight is 252 g/mol. The van der Waals surface area contributed by atoms with Crippen LogP contribution >= 0.6 is 11.6 Å². The van der Waals surface area contributed by atoms with Gasteiger partial charge in [0.2, 0.25) is 0 Å². The highest BCUT2D eigenvalue weighted by molar-refractivity contribution is 6.26. The Labute approximate surface area is 105 Å². The van der Waals surface area contributed by atoms with Gasteiger partial charge in [0.25, 0.3) is 0 Å². The van der Waals surface area contributed by atoms with E-state index in [0.29, 0.717) is 12.1 Å². The Balaban J connectivity index is 2.25. The van der Waals surface area contributed by atoms with Crippen molar-refractivity contribution < 1.29 is 5.11 Å². The summed E-state index contributed by atoms with van der Waals surface area (Å²) in [6, 6.07) is 2.03. The summed E-state index contributed by atoms with van der Waals surface area (Å²) in [5, 5.41) is 19.5. The summed E-state index contributed by atoms with van der Waals surface area (Å²) in [5.41, 5.74) is -0.642. The van der Waals surface area contributed by atoms with Gasteiger partial charge in [0.1, 0.15) is 17.4 Å². The molecule has 0 amide bonds. The fraction of sp³-hybridized carbons (Fsp3) is 0.500. The van der Waals surface area contributed by atoms with Crippen molar-refractivity contribution in [2.45, 2.75) is 36.3 Å². The van der Waals surface area contributed by atoms with Crippen molar-refractivity contribution in [1.29, 1.82) is 5.26 Å². The lowest BCUT2D eigenvalue weighted by Gasteiger charge is -2.32. The second-order valence-electron chi connectivity index (χ2n) is 4.51. The lowest BCUT2D eigenvalue weighted by Crippen LogP contribution is -2.44. The summed E-state index contributed by atoms with van der Waals surface area (Å²) in [6.45, 7) is 3.92. The molecule has 1 fully saturated rings. The van der Waals surface area contributed by atoms with E-state index in [1.807, 2.05) is 6.07 Å². The van der Waals surface area contributed by atoms with Gasteiger partial charge in [-0.3, -0.25) is 0 Å². The number of hydrogen-bond acceptors (Lipinski definition) is 3. The Hall–Kier alpha value is -1.31. The normalized spacial score (nSPS) is 20.3. The Bertz CT molecular complexity index is 472. The standard InChI is InChI=1S/C12H14ClN3O/c1-2-3-12(17,11(13)4-5-11)8-16-9-15-7-10(16)6-14/h2,7,9,17H,1,3-5,8H2. The molecule has 0 spiro atoms. The molecule has 1 aromatic rings. The highest BCUT2D eigenvalue weighted by Crippen LogP contribution is 2.53. The molecule has 1 atom stereocenters. The lowest BCUT2D eigenvalue weighted by atomic mass is 9.92. The Morgan fingerprint density at radius 2 is 2.47 bits per heavy atom. The highest BCUT2D eigenvalue weighted by atomic mass is 35.5. The van der Waals surface area contributed by atoms with Gasteiger partial charge in [-0.1, -0.05) is 6.08 Å². The van der Waals surface area contributed by atoms with Crippen molar-refractivity contribution in [3.05, 3.63) is 30.9 Å². The molecular weight excluding hydrogens is 238 g/mol. The molecule has 17 heavy (non-hydrogen) atoms. The Kier molecular flexibility index (Phi) is 2.98. The maximum absolute atomic E-state index is 10.6. The molecule has 1 aromatic heterocycles. The molecule has 1 saturated carbocycles. The van der Waals surface area contributed by atoms with Crippen molar-refractivity contribution in [3.8, 4) is 6.07 Å². The van der Waals surface area contributed by atoms with E-state index < -0.39 is 10.5 Å². The number of aliphatic hydroxyl groups is 1. The van der Waals surface area contributed by atoms with Crippen LogP contribution in [0, 0.1) is 11.3 Å². The van der Waals surface area contributed by atoms with Crippen LogP contribution in [-0.4, -0.2) is 25.1 Å². The number of imidazole rings is 1. The van der Waals surface area contributed by atoms with E-state index in [9.17, 15) is 5.11 Å². The fourth-order valence-electron chi connectivity index (χ4n) is 2.02. The van der Waals surface area contributed by atoms with Crippen molar-refractivity contribution in [3.63, 3.8) is 0 Å². The summed E-state index contributed by atoms with van der Waals surface area (Å²) < 4.78 is 1.63. The first-order valence-electron chi connectivity index (χ1n) is 5.47. The van der Waals surface area contributed by atoms with E-state index in [2.05, 4.69) is 11.6 Å². The predicted molar refractivity (Wildman–Crippen MR) is 64.5 cm³/mol. The van der Waals surface area contributed by atoms with Gasteiger partial charge >= 0.3 is 0 Å². The molecule has 1 N–H and O–H groups in total. The molecule has 1 aliphatic carbocycles. The van der Waals surface area contributed by atoms with Gasteiger partial charge in [-0.2, -0.15) is 5.26 Å². The molecule has 90 valence electrons. The number of nitriles is 1. The zero-order valence-electron chi connectivity index (χ0n) is 9.43. The minimum absolute atomic E-state index is 0.269. The largest absolute Gasteiger partial charge is 0.386 e. The van der Waals surface area contributed by atoms with Gasteiger partial charge < -0.3 is 9.67 Å². The van der Waals surface area contributed by atoms with Crippen molar-refractivity contribution in [1.82, 2.24) is 9.55 Å². The van der Waals surface area contributed by atoms with Gasteiger partial charge in [0, 0.05) is 0 Å². The van der Waals surface area contributed by atoms with Crippen LogP contribution in [-0.2, 0) is 6.54 Å². The van der Waals surface area contributed by atoms with E-state index in [-0.39, 0.29) is 6.54 Å². The molecule has 0 aromatic carbocycles. The van der Waals surface area contributed by atoms with Gasteiger partial charge in [0.05, 0.1) is 23.9 Å². The predicted octanol–water partition coefficient (Wildman–Crippen LogP) is 1.83. The Morgan fingerprint density at radius 1 is 1.76 bits per heavy atom. The molecule has 4 nitrogen and oxygen atoms in total. The molecule has 1 heterocycles. The first-order valence-corrected chi connectivity index (χ1v) is 5.85. The van der Waals surface area contributed by atoms with Crippen LogP contribution in [0.3, 0.4) is 0 Å². The quantitative estimate of drug-likeness (QED) is 0.642. The number of hydrogen-bond donors (Lipinski definition) is 1. The number of halogens is 1. The zero-order valence-corrected chi connectivity index (χ0v) is 10.2. The summed E-state index contributed by atoms with van der Waals surface area (Å²) in [7, 11) is 0. The minimum atomic E-state index is -1.07. The van der Waals surface area contributed by atoms with Crippen LogP contribution in [0.4, 0.5) is 0 Å². The SMILES string of the molecule is C=CCC(O)(Cn1cncc1C#N)C1(Cl)CC1. The van der Waals surface area contributed by atoms with E-state index in [4.69, 9.17) is 16.9 Å². The van der Waals surface area contributed by atoms with Crippen LogP contribution in [0.25, 0.3) is 0 Å².